The van der Waals surface area contributed by atoms with Crippen LogP contribution in [0, 0.1) is 13.8 Å². The summed E-state index contributed by atoms with van der Waals surface area (Å²) in [7, 11) is 0. The van der Waals surface area contributed by atoms with Gasteiger partial charge in [-0.15, -0.1) is 0 Å². The van der Waals surface area contributed by atoms with E-state index in [0.29, 0.717) is 32.7 Å². The lowest BCUT2D eigenvalue weighted by Gasteiger charge is -2.35. The van der Waals surface area contributed by atoms with Crippen molar-refractivity contribution in [1.82, 2.24) is 20.0 Å². The molecular formula is C29H33N5O3. The van der Waals surface area contributed by atoms with Crippen LogP contribution in [0.4, 0.5) is 10.5 Å². The number of carbonyl (C=O) groups excluding carboxylic acids is 3. The van der Waals surface area contributed by atoms with E-state index in [1.54, 1.807) is 6.92 Å². The topological polar surface area (TPSA) is 85.0 Å². The molecule has 0 aromatic heterocycles. The fraction of sp³-hybridized carbons (Fsp3) is 0.345. The van der Waals surface area contributed by atoms with Crippen molar-refractivity contribution >= 4 is 34.3 Å². The summed E-state index contributed by atoms with van der Waals surface area (Å²) in [5.41, 5.74) is 2.74. The number of aryl methyl sites for hydroxylation is 1. The zero-order valence-corrected chi connectivity index (χ0v) is 21.6. The van der Waals surface area contributed by atoms with Gasteiger partial charge in [0.05, 0.1) is 13.2 Å². The van der Waals surface area contributed by atoms with E-state index in [2.05, 4.69) is 20.4 Å². The average Bonchev–Trinajstić information content (AvgIpc) is 3.11. The van der Waals surface area contributed by atoms with Crippen molar-refractivity contribution < 1.29 is 14.4 Å². The Hall–Kier alpha value is -3.75. The molecule has 0 unspecified atom stereocenters. The first-order valence-electron chi connectivity index (χ1n) is 12.7. The summed E-state index contributed by atoms with van der Waals surface area (Å²) in [6, 6.07) is 19.2. The minimum atomic E-state index is -1.12. The number of piperazine rings is 1. The molecule has 0 bridgehead atoms. The molecule has 2 N–H and O–H groups in total. The lowest BCUT2D eigenvalue weighted by molar-refractivity contribution is -0.132. The van der Waals surface area contributed by atoms with E-state index in [1.807, 2.05) is 74.5 Å². The number of nitrogens with one attached hydrogen (secondary N) is 2. The van der Waals surface area contributed by atoms with Crippen LogP contribution in [-0.2, 0) is 15.1 Å². The van der Waals surface area contributed by atoms with Crippen molar-refractivity contribution in [3.8, 4) is 0 Å². The van der Waals surface area contributed by atoms with Crippen LogP contribution >= 0.6 is 0 Å². The van der Waals surface area contributed by atoms with Crippen LogP contribution in [0.15, 0.2) is 60.7 Å². The molecule has 2 aliphatic rings. The molecule has 4 amide bonds. The molecule has 192 valence electrons. The average molecular weight is 500 g/mol. The van der Waals surface area contributed by atoms with Crippen LogP contribution < -0.4 is 10.6 Å². The molecule has 37 heavy (non-hydrogen) atoms. The Balaban J connectivity index is 1.19. The first-order chi connectivity index (χ1) is 17.8. The zero-order valence-electron chi connectivity index (χ0n) is 21.6. The van der Waals surface area contributed by atoms with Gasteiger partial charge in [-0.3, -0.25) is 19.4 Å². The van der Waals surface area contributed by atoms with Crippen LogP contribution in [0.5, 0.6) is 0 Å². The molecule has 8 nitrogen and oxygen atoms in total. The van der Waals surface area contributed by atoms with Crippen LogP contribution in [0.1, 0.15) is 23.6 Å². The van der Waals surface area contributed by atoms with Crippen molar-refractivity contribution in [1.29, 1.82) is 0 Å². The molecule has 1 atom stereocenters. The van der Waals surface area contributed by atoms with E-state index in [9.17, 15) is 14.4 Å². The predicted molar refractivity (Wildman–Crippen MR) is 144 cm³/mol. The third-order valence-corrected chi connectivity index (χ3v) is 7.66. The Labute approximate surface area is 217 Å². The van der Waals surface area contributed by atoms with E-state index in [0.717, 1.165) is 33.2 Å². The number of hydrogen-bond donors (Lipinski definition) is 2. The highest BCUT2D eigenvalue weighted by Crippen LogP contribution is 2.34. The largest absolute Gasteiger partial charge is 0.326 e. The fourth-order valence-electron chi connectivity index (χ4n) is 5.24. The Morgan fingerprint density at radius 3 is 2.38 bits per heavy atom. The molecule has 2 heterocycles. The van der Waals surface area contributed by atoms with Gasteiger partial charge < -0.3 is 10.6 Å². The maximum atomic E-state index is 13.5. The number of amides is 4. The maximum absolute atomic E-state index is 13.5. The molecule has 5 rings (SSSR count). The number of rotatable bonds is 6. The monoisotopic (exact) mass is 499 g/mol. The summed E-state index contributed by atoms with van der Waals surface area (Å²) in [5.74, 6) is -0.286. The quantitative estimate of drug-likeness (QED) is 0.508. The van der Waals surface area contributed by atoms with E-state index in [1.165, 1.54) is 4.90 Å². The highest BCUT2D eigenvalue weighted by atomic mass is 16.2. The highest BCUT2D eigenvalue weighted by Gasteiger charge is 2.50. The summed E-state index contributed by atoms with van der Waals surface area (Å²) in [6.07, 6.45) is 0. The van der Waals surface area contributed by atoms with E-state index < -0.39 is 5.54 Å². The Bertz CT molecular complexity index is 1360. The molecule has 3 aromatic carbocycles. The number of urea groups is 1. The van der Waals surface area contributed by atoms with Crippen molar-refractivity contribution in [2.24, 2.45) is 0 Å². The van der Waals surface area contributed by atoms with Gasteiger partial charge in [0.2, 0.25) is 5.91 Å². The summed E-state index contributed by atoms with van der Waals surface area (Å²) >= 11 is 0. The van der Waals surface area contributed by atoms with Gasteiger partial charge in [-0.05, 0) is 54.3 Å². The van der Waals surface area contributed by atoms with Gasteiger partial charge in [0, 0.05) is 31.9 Å². The normalized spacial score (nSPS) is 20.9. The number of fused-ring (bicyclic) bond motifs is 1. The Morgan fingerprint density at radius 2 is 1.59 bits per heavy atom. The molecule has 2 saturated heterocycles. The van der Waals surface area contributed by atoms with Crippen LogP contribution in [0.25, 0.3) is 10.8 Å². The molecule has 0 radical (unpaired) electrons. The van der Waals surface area contributed by atoms with Crippen molar-refractivity contribution in [2.45, 2.75) is 26.3 Å². The number of anilines is 1. The van der Waals surface area contributed by atoms with Crippen LogP contribution in [0.2, 0.25) is 0 Å². The van der Waals surface area contributed by atoms with Crippen molar-refractivity contribution in [3.05, 3.63) is 77.4 Å². The molecular weight excluding hydrogens is 466 g/mol. The van der Waals surface area contributed by atoms with Crippen LogP contribution in [0.3, 0.4) is 0 Å². The smallest absolute Gasteiger partial charge is 0.325 e. The lowest BCUT2D eigenvalue weighted by Crippen LogP contribution is -2.52. The minimum absolute atomic E-state index is 0.0397. The molecule has 0 spiro atoms. The van der Waals surface area contributed by atoms with Gasteiger partial charge in [-0.25, -0.2) is 9.69 Å². The van der Waals surface area contributed by atoms with Crippen molar-refractivity contribution in [2.75, 3.05) is 44.7 Å². The summed E-state index contributed by atoms with van der Waals surface area (Å²) < 4.78 is 0. The highest BCUT2D eigenvalue weighted by molar-refractivity contribution is 6.09. The molecule has 8 heteroatoms. The first kappa shape index (κ1) is 24.9. The van der Waals surface area contributed by atoms with E-state index in [4.69, 9.17) is 0 Å². The van der Waals surface area contributed by atoms with E-state index >= 15 is 0 Å². The van der Waals surface area contributed by atoms with Gasteiger partial charge in [0.1, 0.15) is 5.54 Å². The molecule has 0 saturated carbocycles. The number of imide groups is 1. The minimum Gasteiger partial charge on any atom is -0.325 e. The van der Waals surface area contributed by atoms with Gasteiger partial charge in [0.25, 0.3) is 5.91 Å². The molecule has 0 aliphatic carbocycles. The summed E-state index contributed by atoms with van der Waals surface area (Å²) in [4.78, 5) is 44.6. The number of carbonyl (C=O) groups is 3. The standard InChI is InChI=1S/C29H33N5O3/c1-20-8-6-13-25(21(20)2)30-26(35)18-32-14-16-33(17-15-32)19-34-27(36)29(3,31-28(34)37)24-12-7-10-22-9-4-5-11-23(22)24/h4-13H,14-19H2,1-3H3,(H,30,35)(H,31,37)/t29-/m0/s1. The van der Waals surface area contributed by atoms with Gasteiger partial charge in [-0.1, -0.05) is 54.6 Å². The Kier molecular flexibility index (Phi) is 6.70. The predicted octanol–water partition coefficient (Wildman–Crippen LogP) is 3.44. The maximum Gasteiger partial charge on any atom is 0.326 e. The van der Waals surface area contributed by atoms with Gasteiger partial charge >= 0.3 is 6.03 Å². The summed E-state index contributed by atoms with van der Waals surface area (Å²) in [6.45, 7) is 9.05. The zero-order chi connectivity index (χ0) is 26.2. The second-order valence-electron chi connectivity index (χ2n) is 10.1. The first-order valence-corrected chi connectivity index (χ1v) is 12.7. The molecule has 2 aliphatic heterocycles. The number of hydrogen-bond acceptors (Lipinski definition) is 5. The number of benzene rings is 3. The number of nitrogens with zero attached hydrogens (tertiary/aromatic N) is 3. The lowest BCUT2D eigenvalue weighted by atomic mass is 9.88. The van der Waals surface area contributed by atoms with Crippen molar-refractivity contribution in [3.63, 3.8) is 0 Å². The SMILES string of the molecule is Cc1cccc(NC(=O)CN2CCN(CN3C(=O)N[C@@](C)(c4cccc5ccccc45)C3=O)CC2)c1C. The van der Waals surface area contributed by atoms with Crippen LogP contribution in [-0.4, -0.2) is 71.9 Å². The third-order valence-electron chi connectivity index (χ3n) is 7.66. The Morgan fingerprint density at radius 1 is 0.919 bits per heavy atom. The fourth-order valence-corrected chi connectivity index (χ4v) is 5.24. The second-order valence-corrected chi connectivity index (χ2v) is 10.1. The molecule has 2 fully saturated rings. The molecule has 3 aromatic rings. The van der Waals surface area contributed by atoms with E-state index in [-0.39, 0.29) is 24.5 Å². The summed E-state index contributed by atoms with van der Waals surface area (Å²) in [5, 5.41) is 7.94. The second kappa shape index (κ2) is 9.95. The third kappa shape index (κ3) is 4.82. The van der Waals surface area contributed by atoms with Gasteiger partial charge in [-0.2, -0.15) is 0 Å². The van der Waals surface area contributed by atoms with Gasteiger partial charge in [0.15, 0.2) is 0 Å².